The molecule has 3 saturated heterocycles. The molecule has 12 aromatic rings. The monoisotopic (exact) mass is 1510 g/mol. The van der Waals surface area contributed by atoms with Crippen molar-refractivity contribution < 1.29 is 48.3 Å². The Hall–Kier alpha value is -9.23. The number of benzene rings is 9. The van der Waals surface area contributed by atoms with Gasteiger partial charge < -0.3 is 44.2 Å². The number of nitrogens with zero attached hydrogens (tertiary/aromatic N) is 3. The minimum atomic E-state index is -0.379. The van der Waals surface area contributed by atoms with Crippen molar-refractivity contribution in [2.24, 2.45) is 17.8 Å². The summed E-state index contributed by atoms with van der Waals surface area (Å²) in [6.45, 7) is 28.8. The van der Waals surface area contributed by atoms with Crippen LogP contribution < -0.4 is 14.2 Å². The molecule has 3 fully saturated rings. The number of hydrogen-bond donors (Lipinski definition) is 3. The molecule has 15 rings (SSSR count). The van der Waals surface area contributed by atoms with Crippen LogP contribution in [-0.2, 0) is 19.3 Å². The van der Waals surface area contributed by atoms with Crippen molar-refractivity contribution in [1.29, 1.82) is 0 Å². The van der Waals surface area contributed by atoms with Crippen LogP contribution in [0.1, 0.15) is 136 Å². The molecule has 0 spiro atoms. The highest BCUT2D eigenvalue weighted by atomic mass is 35.5. The molecule has 0 unspecified atom stereocenters. The van der Waals surface area contributed by atoms with Gasteiger partial charge in [0.15, 0.2) is 17.2 Å². The Morgan fingerprint density at radius 3 is 1.07 bits per heavy atom. The van der Waals surface area contributed by atoms with Crippen molar-refractivity contribution in [3.05, 3.63) is 262 Å². The van der Waals surface area contributed by atoms with Crippen molar-refractivity contribution in [3.8, 4) is 51.7 Å². The lowest BCUT2D eigenvalue weighted by atomic mass is 9.95. The largest absolute Gasteiger partial charge is 0.508 e. The van der Waals surface area contributed by atoms with E-state index in [0.717, 1.165) is 115 Å². The lowest BCUT2D eigenvalue weighted by Gasteiger charge is -2.15. The van der Waals surface area contributed by atoms with Gasteiger partial charge in [-0.25, -0.2) is 4.39 Å². The highest BCUT2D eigenvalue weighted by molar-refractivity contribution is 7.22. The van der Waals surface area contributed by atoms with E-state index < -0.39 is 0 Å². The first kappa shape index (κ1) is 76.0. The fourth-order valence-corrected chi connectivity index (χ4v) is 18.7. The van der Waals surface area contributed by atoms with Gasteiger partial charge >= 0.3 is 0 Å². The number of aromatic hydroxyl groups is 3. The Labute approximate surface area is 643 Å². The number of ether oxygens (including phenoxy) is 3. The highest BCUT2D eigenvalue weighted by Gasteiger charge is 2.29. The minimum Gasteiger partial charge on any atom is -0.508 e. The second kappa shape index (κ2) is 33.5. The van der Waals surface area contributed by atoms with Gasteiger partial charge in [0.1, 0.15) is 54.9 Å². The van der Waals surface area contributed by atoms with E-state index in [-0.39, 0.29) is 40.4 Å². The maximum absolute atomic E-state index is 13.8. The third-order valence-corrected chi connectivity index (χ3v) is 24.3. The molecular weight excluding hydrogens is 1420 g/mol. The summed E-state index contributed by atoms with van der Waals surface area (Å²) >= 11 is 10.2. The van der Waals surface area contributed by atoms with Crippen molar-refractivity contribution >= 4 is 93.2 Å². The maximum Gasteiger partial charge on any atom is 0.207 e. The number of thiophene rings is 3. The SMILES string of the molecule is Cc1cc(C)c(C(=O)c2sc3cc(O)ccc3c2Oc2ccc(CCN3CC[C@H](C)C3)cc2)c(C)c1.Cc1cc(Cl)cc(C)c1C(=O)c1sc2cc(O)ccc2c1Oc1ccc(CCN2CC[C@H](C)C2)cc1.Cc1cc(F)ccc1C(=O)c1sc2cc(O)ccc2c1Oc1ccc(CCN2CC[C@H](C)C2)cc1. The van der Waals surface area contributed by atoms with Gasteiger partial charge in [0, 0.05) is 91.2 Å². The third kappa shape index (κ3) is 18.2. The molecule has 17 heteroatoms. The average molecular weight is 1510 g/mol. The van der Waals surface area contributed by atoms with Crippen molar-refractivity contribution in [3.63, 3.8) is 0 Å². The zero-order valence-electron chi connectivity index (χ0n) is 62.1. The normalized spacial score (nSPS) is 16.1. The van der Waals surface area contributed by atoms with Gasteiger partial charge in [-0.1, -0.05) is 86.5 Å². The predicted molar refractivity (Wildman–Crippen MR) is 435 cm³/mol. The standard InChI is InChI=1S/C31H33NO3S.C30H30ClNO3S.C29H28FNO3S/c1-19-11-13-32(18-19)14-12-23-5-8-25(9-6-23)35-30-26-10-7-24(33)17-27(26)36-31(30)29(34)28-21(3)15-20(2)16-22(28)4;1-18-10-12-32(17-18)13-11-21-4-7-24(8-5-21)35-29-25-9-6-23(33)16-26(25)36-30(29)28(34)27-19(2)14-22(31)15-20(27)3;1-18-11-13-31(17-18)14-12-20-3-7-23(8-4-20)34-28-25-10-6-22(32)16-26(25)35-29(28)27(33)24-9-5-21(30)15-19(24)2/h5-10,15-17,19,33H,11-14,18H2,1-4H3;4-9,14-16,18,33H,10-13,17H2,1-3H3;3-10,15-16,18,32H,11-14,17H2,1-2H3/t19-;2*18-/m000/s1. The quantitative estimate of drug-likeness (QED) is 0.0588. The molecule has 0 amide bonds. The molecule has 3 aromatic heterocycles. The highest BCUT2D eigenvalue weighted by Crippen LogP contribution is 2.47. The number of ketones is 3. The first-order valence-electron chi connectivity index (χ1n) is 36.9. The molecule has 0 saturated carbocycles. The average Bonchev–Trinajstić information content (AvgIpc) is 1.64. The predicted octanol–water partition coefficient (Wildman–Crippen LogP) is 22.2. The number of carbonyl (C=O) groups excluding carboxylic acids is 3. The van der Waals surface area contributed by atoms with Crippen LogP contribution in [0.15, 0.2) is 170 Å². The number of aryl methyl sites for hydroxylation is 6. The first-order chi connectivity index (χ1) is 51.4. The van der Waals surface area contributed by atoms with Gasteiger partial charge in [-0.15, -0.1) is 34.0 Å². The summed E-state index contributed by atoms with van der Waals surface area (Å²) in [7, 11) is 0. The van der Waals surface area contributed by atoms with Gasteiger partial charge in [-0.2, -0.15) is 0 Å². The number of fused-ring (bicyclic) bond motifs is 3. The Morgan fingerprint density at radius 1 is 0.421 bits per heavy atom. The molecule has 3 N–H and O–H groups in total. The smallest absolute Gasteiger partial charge is 0.207 e. The van der Waals surface area contributed by atoms with E-state index in [9.17, 15) is 34.1 Å². The van der Waals surface area contributed by atoms with Crippen molar-refractivity contribution in [2.75, 3.05) is 58.9 Å². The van der Waals surface area contributed by atoms with Gasteiger partial charge in [0.05, 0.1) is 0 Å². The number of carbonyl (C=O) groups is 3. The van der Waals surface area contributed by atoms with Crippen LogP contribution in [0.25, 0.3) is 30.3 Å². The summed E-state index contributed by atoms with van der Waals surface area (Å²) < 4.78 is 35.0. The van der Waals surface area contributed by atoms with Gasteiger partial charge in [-0.3, -0.25) is 14.4 Å². The molecule has 552 valence electrons. The van der Waals surface area contributed by atoms with E-state index in [1.807, 2.05) is 101 Å². The van der Waals surface area contributed by atoms with E-state index >= 15 is 0 Å². The second-order valence-corrected chi connectivity index (χ2v) is 33.1. The second-order valence-electron chi connectivity index (χ2n) is 29.5. The molecule has 3 aliphatic heterocycles. The van der Waals surface area contributed by atoms with E-state index in [1.54, 1.807) is 55.5 Å². The molecule has 0 radical (unpaired) electrons. The van der Waals surface area contributed by atoms with E-state index in [0.29, 0.717) is 76.4 Å². The molecule has 6 heterocycles. The number of phenols is 3. The molecule has 0 bridgehead atoms. The molecular formula is C90H91ClFN3O9S3. The summed E-state index contributed by atoms with van der Waals surface area (Å²) in [5, 5.41) is 33.0. The lowest BCUT2D eigenvalue weighted by Crippen LogP contribution is -2.22. The van der Waals surface area contributed by atoms with Crippen LogP contribution in [0.5, 0.6) is 51.7 Å². The Bertz CT molecular complexity index is 5000. The maximum atomic E-state index is 13.8. The van der Waals surface area contributed by atoms with Crippen molar-refractivity contribution in [1.82, 2.24) is 14.7 Å². The van der Waals surface area contributed by atoms with Crippen LogP contribution >= 0.6 is 45.6 Å². The fraction of sp³-hybridized carbons (Fsp3) is 0.300. The number of likely N-dealkylation sites (tertiary alicyclic amines) is 3. The summed E-state index contributed by atoms with van der Waals surface area (Å²) in [6, 6.07) is 51.5. The molecule has 9 aromatic carbocycles. The lowest BCUT2D eigenvalue weighted by molar-refractivity contribution is 0.103. The summed E-state index contributed by atoms with van der Waals surface area (Å²) in [5.41, 5.74) is 10.8. The van der Waals surface area contributed by atoms with Crippen LogP contribution in [-0.4, -0.2) is 106 Å². The number of halogens is 2. The van der Waals surface area contributed by atoms with Gasteiger partial charge in [0.2, 0.25) is 17.3 Å². The van der Waals surface area contributed by atoms with Crippen LogP contribution in [0.2, 0.25) is 5.02 Å². The van der Waals surface area contributed by atoms with E-state index in [4.69, 9.17) is 25.8 Å². The van der Waals surface area contributed by atoms with Gasteiger partial charge in [0.25, 0.3) is 0 Å². The van der Waals surface area contributed by atoms with E-state index in [2.05, 4.69) is 71.9 Å². The molecule has 12 nitrogen and oxygen atoms in total. The number of phenolic OH excluding ortho intramolecular Hbond substituents is 3. The van der Waals surface area contributed by atoms with Gasteiger partial charge in [-0.05, 0) is 283 Å². The molecule has 3 atom stereocenters. The third-order valence-electron chi connectivity index (χ3n) is 20.7. The molecule has 0 aliphatic carbocycles. The van der Waals surface area contributed by atoms with Crippen LogP contribution in [0.4, 0.5) is 4.39 Å². The number of hydrogen-bond acceptors (Lipinski definition) is 15. The topological polar surface area (TPSA) is 149 Å². The first-order valence-corrected chi connectivity index (χ1v) is 39.8. The zero-order chi connectivity index (χ0) is 75.3. The Balaban J connectivity index is 0.000000142. The zero-order valence-corrected chi connectivity index (χ0v) is 65.3. The fourth-order valence-electron chi connectivity index (χ4n) is 15.1. The minimum absolute atomic E-state index is 0.0443. The molecule has 107 heavy (non-hydrogen) atoms. The summed E-state index contributed by atoms with van der Waals surface area (Å²) in [4.78, 5) is 50.1. The Morgan fingerprint density at radius 2 is 0.748 bits per heavy atom. The van der Waals surface area contributed by atoms with E-state index in [1.165, 1.54) is 127 Å². The summed E-state index contributed by atoms with van der Waals surface area (Å²) in [5.74, 6) is 5.63. The summed E-state index contributed by atoms with van der Waals surface area (Å²) in [6.07, 6.45) is 6.87. The Kier molecular flexibility index (Phi) is 23.8. The van der Waals surface area contributed by atoms with Crippen molar-refractivity contribution in [2.45, 2.75) is 101 Å². The molecule has 3 aliphatic rings. The van der Waals surface area contributed by atoms with Crippen LogP contribution in [0, 0.1) is 65.1 Å². The number of rotatable bonds is 21. The van der Waals surface area contributed by atoms with Crippen LogP contribution in [0.3, 0.4) is 0 Å².